The zero-order valence-electron chi connectivity index (χ0n) is 27.0. The molecule has 0 bridgehead atoms. The fourth-order valence-electron chi connectivity index (χ4n) is 5.15. The van der Waals surface area contributed by atoms with E-state index in [4.69, 9.17) is 14.2 Å². The van der Waals surface area contributed by atoms with Gasteiger partial charge in [0.25, 0.3) is 0 Å². The van der Waals surface area contributed by atoms with E-state index < -0.39 is 19.1 Å². The minimum atomic E-state index is -1.49. The van der Waals surface area contributed by atoms with E-state index in [1.807, 2.05) is 82.3 Å². The van der Waals surface area contributed by atoms with Gasteiger partial charge < -0.3 is 40.2 Å². The molecule has 1 amide bonds. The molecule has 0 aliphatic rings. The lowest BCUT2D eigenvalue weighted by Gasteiger charge is -2.29. The van der Waals surface area contributed by atoms with Crippen LogP contribution < -0.4 is 30.2 Å². The highest BCUT2D eigenvalue weighted by molar-refractivity contribution is 6.43. The van der Waals surface area contributed by atoms with Gasteiger partial charge in [-0.3, -0.25) is 4.79 Å². The molecule has 9 nitrogen and oxygen atoms in total. The first kappa shape index (κ1) is 34.8. The SMILES string of the molecule is COc1cc(C[C@@H](Nc2cccc(-c3ccccc3)c2)C(=O)N[C@@H](CN[C@@H](CC(C)C)B(O)O)C(C)C)cc(OC)c1OC. The molecule has 0 saturated carbocycles. The summed E-state index contributed by atoms with van der Waals surface area (Å²) in [5.41, 5.74) is 3.74. The zero-order valence-corrected chi connectivity index (χ0v) is 27.0. The maximum atomic E-state index is 14.0. The molecular weight excluding hydrogens is 557 g/mol. The molecule has 3 atom stereocenters. The Morgan fingerprint density at radius 1 is 0.841 bits per heavy atom. The number of hydrogen-bond acceptors (Lipinski definition) is 8. The number of hydrogen-bond donors (Lipinski definition) is 5. The molecule has 0 aliphatic carbocycles. The van der Waals surface area contributed by atoms with Gasteiger partial charge in [0.15, 0.2) is 11.5 Å². The summed E-state index contributed by atoms with van der Waals surface area (Å²) in [5.74, 6) is 1.18. The summed E-state index contributed by atoms with van der Waals surface area (Å²) in [6, 6.07) is 20.9. The number of amides is 1. The Kier molecular flexibility index (Phi) is 13.4. The van der Waals surface area contributed by atoms with Crippen LogP contribution in [0.25, 0.3) is 11.1 Å². The molecule has 0 saturated heterocycles. The summed E-state index contributed by atoms with van der Waals surface area (Å²) in [7, 11) is 3.19. The molecule has 3 rings (SSSR count). The van der Waals surface area contributed by atoms with Crippen LogP contribution in [0.1, 0.15) is 39.7 Å². The molecular formula is C34H48BN3O6. The highest BCUT2D eigenvalue weighted by atomic mass is 16.5. The van der Waals surface area contributed by atoms with Crippen LogP contribution in [0.4, 0.5) is 5.69 Å². The van der Waals surface area contributed by atoms with Crippen LogP contribution in [0, 0.1) is 11.8 Å². The van der Waals surface area contributed by atoms with E-state index in [1.165, 1.54) is 0 Å². The largest absolute Gasteiger partial charge is 0.493 e. The lowest BCUT2D eigenvalue weighted by atomic mass is 9.75. The number of carbonyl (C=O) groups is 1. The van der Waals surface area contributed by atoms with Gasteiger partial charge in [0.05, 0.1) is 21.3 Å². The van der Waals surface area contributed by atoms with Gasteiger partial charge in [-0.15, -0.1) is 0 Å². The summed E-state index contributed by atoms with van der Waals surface area (Å²) in [4.78, 5) is 14.0. The number of benzene rings is 3. The molecule has 10 heteroatoms. The first-order chi connectivity index (χ1) is 21.1. The average molecular weight is 606 g/mol. The van der Waals surface area contributed by atoms with Crippen LogP contribution >= 0.6 is 0 Å². The molecule has 0 fully saturated rings. The van der Waals surface area contributed by atoms with Gasteiger partial charge in [0, 0.05) is 30.6 Å². The Bertz CT molecular complexity index is 1300. The van der Waals surface area contributed by atoms with Crippen molar-refractivity contribution < 1.29 is 29.1 Å². The fraction of sp³-hybridized carbons (Fsp3) is 0.441. The van der Waals surface area contributed by atoms with E-state index >= 15 is 0 Å². The van der Waals surface area contributed by atoms with Gasteiger partial charge in [-0.05, 0) is 59.2 Å². The predicted molar refractivity (Wildman–Crippen MR) is 177 cm³/mol. The minimum Gasteiger partial charge on any atom is -0.493 e. The van der Waals surface area contributed by atoms with Crippen molar-refractivity contribution in [1.29, 1.82) is 0 Å². The maximum absolute atomic E-state index is 14.0. The fourth-order valence-corrected chi connectivity index (χ4v) is 5.15. The number of rotatable bonds is 17. The molecule has 44 heavy (non-hydrogen) atoms. The van der Waals surface area contributed by atoms with Crippen LogP contribution in [-0.2, 0) is 11.2 Å². The highest BCUT2D eigenvalue weighted by Crippen LogP contribution is 2.38. The van der Waals surface area contributed by atoms with Crippen molar-refractivity contribution in [3.63, 3.8) is 0 Å². The van der Waals surface area contributed by atoms with Crippen LogP contribution in [-0.4, -0.2) is 69.0 Å². The van der Waals surface area contributed by atoms with Crippen molar-refractivity contribution in [2.45, 2.75) is 58.6 Å². The van der Waals surface area contributed by atoms with Crippen LogP contribution in [0.2, 0.25) is 0 Å². The average Bonchev–Trinajstić information content (AvgIpc) is 3.01. The molecule has 3 aromatic carbocycles. The van der Waals surface area contributed by atoms with E-state index in [2.05, 4.69) is 28.1 Å². The smallest absolute Gasteiger partial charge is 0.469 e. The summed E-state index contributed by atoms with van der Waals surface area (Å²) >= 11 is 0. The number of nitrogens with one attached hydrogen (secondary N) is 3. The Balaban J connectivity index is 1.91. The van der Waals surface area contributed by atoms with Crippen LogP contribution in [0.3, 0.4) is 0 Å². The van der Waals surface area contributed by atoms with E-state index in [0.29, 0.717) is 36.6 Å². The number of carbonyl (C=O) groups excluding carboxylic acids is 1. The van der Waals surface area contributed by atoms with Gasteiger partial charge in [-0.1, -0.05) is 70.2 Å². The van der Waals surface area contributed by atoms with Crippen molar-refractivity contribution in [3.05, 3.63) is 72.3 Å². The van der Waals surface area contributed by atoms with E-state index in [9.17, 15) is 14.8 Å². The van der Waals surface area contributed by atoms with Gasteiger partial charge in [0.2, 0.25) is 11.7 Å². The highest BCUT2D eigenvalue weighted by Gasteiger charge is 2.28. The molecule has 0 unspecified atom stereocenters. The number of methoxy groups -OCH3 is 3. The van der Waals surface area contributed by atoms with E-state index in [-0.39, 0.29) is 23.8 Å². The Hall–Kier alpha value is -3.73. The summed E-state index contributed by atoms with van der Waals surface area (Å²) in [6.45, 7) is 8.52. The van der Waals surface area contributed by atoms with E-state index in [0.717, 1.165) is 22.4 Å². The lowest BCUT2D eigenvalue weighted by molar-refractivity contribution is -0.122. The topological polar surface area (TPSA) is 121 Å². The standard InChI is InChI=1S/C34H48BN3O6/c1-22(2)16-32(35(40)41)36-21-29(23(3)4)38-34(39)28(17-24-18-30(42-5)33(44-7)31(19-24)43-6)37-27-15-11-14-26(20-27)25-12-9-8-10-13-25/h8-15,18-20,22-23,28-29,32,36-37,40-41H,16-17,21H2,1-7H3,(H,38,39)/t28-,29+,32+/m1/s1. The van der Waals surface area contributed by atoms with Gasteiger partial charge in [-0.2, -0.15) is 0 Å². The predicted octanol–water partition coefficient (Wildman–Crippen LogP) is 4.56. The van der Waals surface area contributed by atoms with E-state index in [1.54, 1.807) is 21.3 Å². The molecule has 0 aromatic heterocycles. The Labute approximate surface area is 262 Å². The van der Waals surface area contributed by atoms with Gasteiger partial charge >= 0.3 is 7.12 Å². The zero-order chi connectivity index (χ0) is 32.2. The molecule has 0 radical (unpaired) electrons. The van der Waals surface area contributed by atoms with Gasteiger partial charge in [-0.25, -0.2) is 0 Å². The van der Waals surface area contributed by atoms with Crippen LogP contribution in [0.5, 0.6) is 17.2 Å². The normalized spacial score (nSPS) is 13.2. The Morgan fingerprint density at radius 3 is 2.02 bits per heavy atom. The lowest BCUT2D eigenvalue weighted by Crippen LogP contribution is -2.54. The summed E-state index contributed by atoms with van der Waals surface area (Å²) in [5, 5.41) is 29.8. The Morgan fingerprint density at radius 2 is 1.48 bits per heavy atom. The summed E-state index contributed by atoms with van der Waals surface area (Å²) < 4.78 is 16.6. The molecule has 3 aromatic rings. The second-order valence-corrected chi connectivity index (χ2v) is 11.8. The molecule has 0 heterocycles. The minimum absolute atomic E-state index is 0.0882. The second kappa shape index (κ2) is 16.9. The van der Waals surface area contributed by atoms with Gasteiger partial charge in [0.1, 0.15) is 6.04 Å². The number of ether oxygens (including phenoxy) is 3. The van der Waals surface area contributed by atoms with Crippen molar-refractivity contribution in [2.24, 2.45) is 11.8 Å². The second-order valence-electron chi connectivity index (χ2n) is 11.8. The van der Waals surface area contributed by atoms with Crippen molar-refractivity contribution in [2.75, 3.05) is 33.2 Å². The maximum Gasteiger partial charge on any atom is 0.469 e. The quantitative estimate of drug-likeness (QED) is 0.142. The van der Waals surface area contributed by atoms with Crippen molar-refractivity contribution in [1.82, 2.24) is 10.6 Å². The van der Waals surface area contributed by atoms with Crippen molar-refractivity contribution in [3.8, 4) is 28.4 Å². The third kappa shape index (κ3) is 9.90. The first-order valence-electron chi connectivity index (χ1n) is 15.2. The third-order valence-electron chi connectivity index (χ3n) is 7.61. The van der Waals surface area contributed by atoms with Crippen LogP contribution in [0.15, 0.2) is 66.7 Å². The third-order valence-corrected chi connectivity index (χ3v) is 7.61. The molecule has 5 N–H and O–H groups in total. The monoisotopic (exact) mass is 605 g/mol. The first-order valence-corrected chi connectivity index (χ1v) is 15.2. The molecule has 0 spiro atoms. The van der Waals surface area contributed by atoms with Crippen molar-refractivity contribution >= 4 is 18.7 Å². The molecule has 0 aliphatic heterocycles. The summed E-state index contributed by atoms with van der Waals surface area (Å²) in [6.07, 6.45) is 0.932. The number of anilines is 1. The molecule has 238 valence electrons.